The van der Waals surface area contributed by atoms with Crippen molar-refractivity contribution in [2.75, 3.05) is 26.8 Å². The molecule has 1 aliphatic rings. The highest BCUT2D eigenvalue weighted by Crippen LogP contribution is 2.47. The number of aromatic nitrogens is 1. The maximum absolute atomic E-state index is 11.9. The Balaban J connectivity index is 1.86. The monoisotopic (exact) mass is 429 g/mol. The summed E-state index contributed by atoms with van der Waals surface area (Å²) in [5.41, 5.74) is 1.90. The summed E-state index contributed by atoms with van der Waals surface area (Å²) in [5.74, 6) is -0.0222. The molecule has 1 fully saturated rings. The number of halogens is 1. The number of rotatable bonds is 3. The van der Waals surface area contributed by atoms with Crippen LogP contribution in [0, 0.1) is 0 Å². The SMILES string of the molecule is CNC(=O)c1ccc2ccn(C3CCN(P(C)I)CC3)c2c1. The Morgan fingerprint density at radius 1 is 1.32 bits per heavy atom. The summed E-state index contributed by atoms with van der Waals surface area (Å²) in [7, 11) is 1.67. The zero-order valence-corrected chi connectivity index (χ0v) is 16.0. The Hall–Kier alpha value is -0.650. The second-order valence-electron chi connectivity index (χ2n) is 5.71. The average molecular weight is 429 g/mol. The number of carbonyl (C=O) groups excluding carboxylic acids is 1. The zero-order valence-electron chi connectivity index (χ0n) is 12.9. The Bertz CT molecular complexity index is 677. The van der Waals surface area contributed by atoms with Crippen LogP contribution in [-0.2, 0) is 0 Å². The van der Waals surface area contributed by atoms with Gasteiger partial charge in [0.25, 0.3) is 5.91 Å². The van der Waals surface area contributed by atoms with Crippen molar-refractivity contribution in [3.8, 4) is 0 Å². The second-order valence-corrected chi connectivity index (χ2v) is 11.3. The predicted octanol–water partition coefficient (Wildman–Crippen LogP) is 4.01. The summed E-state index contributed by atoms with van der Waals surface area (Å²) in [6.45, 7) is 4.66. The smallest absolute Gasteiger partial charge is 0.251 e. The van der Waals surface area contributed by atoms with E-state index >= 15 is 0 Å². The number of carbonyl (C=O) groups is 1. The normalized spacial score (nSPS) is 18.5. The van der Waals surface area contributed by atoms with Crippen LogP contribution >= 0.6 is 27.8 Å². The van der Waals surface area contributed by atoms with Gasteiger partial charge in [-0.05, 0) is 65.1 Å². The Morgan fingerprint density at radius 2 is 2.05 bits per heavy atom. The van der Waals surface area contributed by atoms with Crippen molar-refractivity contribution in [1.82, 2.24) is 14.6 Å². The molecule has 118 valence electrons. The van der Waals surface area contributed by atoms with Gasteiger partial charge in [0.15, 0.2) is 0 Å². The lowest BCUT2D eigenvalue weighted by molar-refractivity contribution is 0.0963. The molecule has 1 aromatic heterocycles. The van der Waals surface area contributed by atoms with Crippen molar-refractivity contribution in [1.29, 1.82) is 0 Å². The van der Waals surface area contributed by atoms with Gasteiger partial charge < -0.3 is 9.88 Å². The lowest BCUT2D eigenvalue weighted by atomic mass is 10.1. The molecule has 1 atom stereocenters. The lowest BCUT2D eigenvalue weighted by Gasteiger charge is -2.34. The first-order chi connectivity index (χ1) is 10.6. The van der Waals surface area contributed by atoms with Crippen LogP contribution in [-0.4, -0.2) is 41.9 Å². The molecule has 1 N–H and O–H groups in total. The summed E-state index contributed by atoms with van der Waals surface area (Å²) in [5, 5.41) is 3.91. The predicted molar refractivity (Wildman–Crippen MR) is 102 cm³/mol. The number of nitrogens with zero attached hydrogens (tertiary/aromatic N) is 2. The van der Waals surface area contributed by atoms with Crippen molar-refractivity contribution in [3.63, 3.8) is 0 Å². The maximum Gasteiger partial charge on any atom is 0.251 e. The second kappa shape index (κ2) is 6.85. The van der Waals surface area contributed by atoms with Crippen LogP contribution in [0.25, 0.3) is 10.9 Å². The van der Waals surface area contributed by atoms with Crippen molar-refractivity contribution in [3.05, 3.63) is 36.0 Å². The van der Waals surface area contributed by atoms with Crippen LogP contribution in [0.3, 0.4) is 0 Å². The van der Waals surface area contributed by atoms with Crippen LogP contribution < -0.4 is 5.32 Å². The van der Waals surface area contributed by atoms with Crippen molar-refractivity contribution in [2.45, 2.75) is 18.9 Å². The minimum Gasteiger partial charge on any atom is -0.355 e. The van der Waals surface area contributed by atoms with Gasteiger partial charge in [-0.15, -0.1) is 0 Å². The summed E-state index contributed by atoms with van der Waals surface area (Å²) in [4.78, 5) is 11.9. The number of nitrogens with one attached hydrogen (secondary N) is 1. The van der Waals surface area contributed by atoms with Gasteiger partial charge in [-0.3, -0.25) is 9.46 Å². The van der Waals surface area contributed by atoms with Crippen LogP contribution in [0.1, 0.15) is 29.2 Å². The molecule has 1 unspecified atom stereocenters. The van der Waals surface area contributed by atoms with E-state index < -0.39 is 0 Å². The summed E-state index contributed by atoms with van der Waals surface area (Å²) in [6, 6.07) is 8.65. The van der Waals surface area contributed by atoms with E-state index in [0.29, 0.717) is 6.04 Å². The van der Waals surface area contributed by atoms with Gasteiger partial charge >= 0.3 is 0 Å². The molecule has 0 radical (unpaired) electrons. The first-order valence-corrected chi connectivity index (χ1v) is 12.1. The molecule has 0 spiro atoms. The number of amides is 1. The number of benzene rings is 1. The molecular formula is C16H21IN3OP. The van der Waals surface area contributed by atoms with Gasteiger partial charge in [-0.25, -0.2) is 0 Å². The third-order valence-electron chi connectivity index (χ3n) is 4.44. The number of fused-ring (bicyclic) bond motifs is 1. The van der Waals surface area contributed by atoms with E-state index in [9.17, 15) is 4.79 Å². The van der Waals surface area contributed by atoms with E-state index in [2.05, 4.69) is 55.5 Å². The van der Waals surface area contributed by atoms with Crippen LogP contribution in [0.15, 0.2) is 30.5 Å². The molecule has 0 saturated carbocycles. The zero-order chi connectivity index (χ0) is 15.7. The first-order valence-electron chi connectivity index (χ1n) is 7.57. The Labute approximate surface area is 145 Å². The lowest BCUT2D eigenvalue weighted by Crippen LogP contribution is -2.29. The molecule has 0 bridgehead atoms. The highest BCUT2D eigenvalue weighted by atomic mass is 127. The van der Waals surface area contributed by atoms with E-state index in [1.807, 2.05) is 18.2 Å². The minimum atomic E-state index is -0.0222. The fourth-order valence-corrected chi connectivity index (χ4v) is 5.24. The molecule has 1 amide bonds. The third-order valence-corrected chi connectivity index (χ3v) is 7.45. The van der Waals surface area contributed by atoms with Gasteiger partial charge in [0.05, 0.1) is 0 Å². The maximum atomic E-state index is 11.9. The van der Waals surface area contributed by atoms with E-state index in [-0.39, 0.29) is 11.6 Å². The van der Waals surface area contributed by atoms with E-state index in [1.165, 1.54) is 36.8 Å². The number of piperidine rings is 1. The Morgan fingerprint density at radius 3 is 2.68 bits per heavy atom. The molecule has 2 aromatic rings. The van der Waals surface area contributed by atoms with Crippen LogP contribution in [0.4, 0.5) is 0 Å². The van der Waals surface area contributed by atoms with E-state index in [0.717, 1.165) is 5.56 Å². The molecule has 0 aliphatic carbocycles. The largest absolute Gasteiger partial charge is 0.355 e. The quantitative estimate of drug-likeness (QED) is 0.592. The van der Waals surface area contributed by atoms with Gasteiger partial charge in [-0.2, -0.15) is 0 Å². The summed E-state index contributed by atoms with van der Waals surface area (Å²) < 4.78 is 4.96. The summed E-state index contributed by atoms with van der Waals surface area (Å²) in [6.07, 6.45) is 4.55. The standard InChI is InChI=1S/C16H21IN3OP/c1-18-16(21)13-4-3-12-5-10-20(15(12)11-13)14-6-8-19(9-7-14)22(2)17/h3-5,10-11,14H,6-9H2,1-2H3,(H,18,21). The molecule has 2 heterocycles. The van der Waals surface area contributed by atoms with Gasteiger partial charge in [-0.1, -0.05) is 6.07 Å². The average Bonchev–Trinajstić information content (AvgIpc) is 2.97. The molecule has 4 nitrogen and oxygen atoms in total. The van der Waals surface area contributed by atoms with Crippen molar-refractivity contribution < 1.29 is 4.79 Å². The molecule has 3 rings (SSSR count). The number of hydrogen-bond acceptors (Lipinski definition) is 2. The van der Waals surface area contributed by atoms with Gasteiger partial charge in [0.2, 0.25) is 0 Å². The van der Waals surface area contributed by atoms with Crippen LogP contribution in [0.5, 0.6) is 0 Å². The van der Waals surface area contributed by atoms with Gasteiger partial charge in [0.1, 0.15) is 0 Å². The Kier molecular flexibility index (Phi) is 5.05. The first kappa shape index (κ1) is 16.2. The minimum absolute atomic E-state index is 0.00466. The highest BCUT2D eigenvalue weighted by molar-refractivity contribution is 14.2. The molecule has 1 saturated heterocycles. The van der Waals surface area contributed by atoms with Crippen molar-refractivity contribution >= 4 is 44.6 Å². The highest BCUT2D eigenvalue weighted by Gasteiger charge is 2.23. The molecule has 6 heteroatoms. The number of hydrogen-bond donors (Lipinski definition) is 1. The van der Waals surface area contributed by atoms with E-state index in [1.54, 1.807) is 7.05 Å². The fraction of sp³-hybridized carbons (Fsp3) is 0.438. The molecular weight excluding hydrogens is 408 g/mol. The molecule has 22 heavy (non-hydrogen) atoms. The van der Waals surface area contributed by atoms with Gasteiger partial charge in [0, 0.05) is 49.2 Å². The molecule has 1 aromatic carbocycles. The fourth-order valence-electron chi connectivity index (χ4n) is 3.16. The summed E-state index contributed by atoms with van der Waals surface area (Å²) >= 11 is 2.55. The van der Waals surface area contributed by atoms with Crippen LogP contribution in [0.2, 0.25) is 0 Å². The third kappa shape index (κ3) is 3.17. The van der Waals surface area contributed by atoms with E-state index in [4.69, 9.17) is 0 Å². The topological polar surface area (TPSA) is 37.3 Å². The molecule has 1 aliphatic heterocycles. The van der Waals surface area contributed by atoms with Crippen molar-refractivity contribution in [2.24, 2.45) is 0 Å².